The Balaban J connectivity index is 1.75. The van der Waals surface area contributed by atoms with Gasteiger partial charge in [0.25, 0.3) is 0 Å². The zero-order valence-electron chi connectivity index (χ0n) is 14.5. The van der Waals surface area contributed by atoms with E-state index < -0.39 is 15.9 Å². The first-order valence-corrected chi connectivity index (χ1v) is 10.3. The van der Waals surface area contributed by atoms with E-state index >= 15 is 0 Å². The van der Waals surface area contributed by atoms with Gasteiger partial charge in [0.1, 0.15) is 11.5 Å². The van der Waals surface area contributed by atoms with Crippen LogP contribution in [-0.4, -0.2) is 47.1 Å². The van der Waals surface area contributed by atoms with Gasteiger partial charge in [-0.2, -0.15) is 5.10 Å². The van der Waals surface area contributed by atoms with E-state index in [0.717, 1.165) is 17.1 Å². The molecule has 1 amide bonds. The number of rotatable bonds is 5. The number of hydrogen-bond donors (Lipinski definition) is 0. The molecule has 0 unspecified atom stereocenters. The van der Waals surface area contributed by atoms with E-state index in [0.29, 0.717) is 19.4 Å². The van der Waals surface area contributed by atoms with Crippen LogP contribution in [0.1, 0.15) is 36.5 Å². The Morgan fingerprint density at radius 2 is 2.20 bits per heavy atom. The van der Waals surface area contributed by atoms with E-state index in [1.165, 1.54) is 0 Å². The molecule has 0 aromatic carbocycles. The van der Waals surface area contributed by atoms with Gasteiger partial charge < -0.3 is 9.32 Å². The molecule has 0 spiro atoms. The number of aryl methyl sites for hydroxylation is 3. The van der Waals surface area contributed by atoms with Crippen molar-refractivity contribution in [3.05, 3.63) is 41.6 Å². The number of sulfone groups is 1. The Labute approximate surface area is 147 Å². The smallest absolute Gasteiger partial charge is 0.223 e. The Bertz CT molecular complexity index is 853. The van der Waals surface area contributed by atoms with E-state index in [4.69, 9.17) is 4.42 Å². The summed E-state index contributed by atoms with van der Waals surface area (Å²) in [4.78, 5) is 14.4. The zero-order chi connectivity index (χ0) is 18.0. The third-order valence-electron chi connectivity index (χ3n) is 4.49. The molecule has 3 heterocycles. The van der Waals surface area contributed by atoms with Crippen molar-refractivity contribution >= 4 is 15.7 Å². The van der Waals surface area contributed by atoms with Gasteiger partial charge in [0.05, 0.1) is 23.7 Å². The summed E-state index contributed by atoms with van der Waals surface area (Å²) in [7, 11) is -3.16. The molecule has 8 heteroatoms. The van der Waals surface area contributed by atoms with Crippen LogP contribution in [0.3, 0.4) is 0 Å². The molecule has 136 valence electrons. The standard InChI is InChI=1S/C17H23N3O4S/c1-3-19-11-14(10-18-19)16-12-25(22,23)9-8-20(16)17(21)7-6-15-5-4-13(2)24-15/h4-5,10-11,16H,3,6-9,12H2,1-2H3/t16-/m1/s1. The van der Waals surface area contributed by atoms with Crippen molar-refractivity contribution in [2.24, 2.45) is 0 Å². The third-order valence-corrected chi connectivity index (χ3v) is 6.12. The first-order chi connectivity index (χ1) is 11.9. The molecule has 0 saturated carbocycles. The first kappa shape index (κ1) is 17.7. The molecule has 1 saturated heterocycles. The summed E-state index contributed by atoms with van der Waals surface area (Å²) in [6.45, 7) is 4.75. The molecule has 1 atom stereocenters. The molecule has 1 aliphatic heterocycles. The molecule has 2 aromatic heterocycles. The Morgan fingerprint density at radius 1 is 1.40 bits per heavy atom. The summed E-state index contributed by atoms with van der Waals surface area (Å²) in [6.07, 6.45) is 4.29. The van der Waals surface area contributed by atoms with Crippen LogP contribution in [0.5, 0.6) is 0 Å². The lowest BCUT2D eigenvalue weighted by molar-refractivity contribution is -0.133. The summed E-state index contributed by atoms with van der Waals surface area (Å²) in [6, 6.07) is 3.27. The van der Waals surface area contributed by atoms with E-state index in [-0.39, 0.29) is 24.0 Å². The van der Waals surface area contributed by atoms with Crippen LogP contribution in [0.15, 0.2) is 28.9 Å². The highest BCUT2D eigenvalue weighted by Gasteiger charge is 2.35. The second kappa shape index (κ2) is 7.03. The van der Waals surface area contributed by atoms with Gasteiger partial charge in [-0.15, -0.1) is 0 Å². The largest absolute Gasteiger partial charge is 0.466 e. The van der Waals surface area contributed by atoms with Crippen LogP contribution in [0.2, 0.25) is 0 Å². The van der Waals surface area contributed by atoms with Crippen LogP contribution in [0, 0.1) is 6.92 Å². The van der Waals surface area contributed by atoms with Gasteiger partial charge in [0.15, 0.2) is 9.84 Å². The minimum atomic E-state index is -3.16. The predicted octanol–water partition coefficient (Wildman–Crippen LogP) is 1.74. The second-order valence-corrected chi connectivity index (χ2v) is 8.59. The Kier molecular flexibility index (Phi) is 4.99. The molecule has 25 heavy (non-hydrogen) atoms. The highest BCUT2D eigenvalue weighted by Crippen LogP contribution is 2.27. The van der Waals surface area contributed by atoms with Crippen LogP contribution >= 0.6 is 0 Å². The molecule has 0 bridgehead atoms. The quantitative estimate of drug-likeness (QED) is 0.806. The number of carbonyl (C=O) groups excluding carboxylic acids is 1. The molecule has 1 aliphatic rings. The van der Waals surface area contributed by atoms with Crippen molar-refractivity contribution < 1.29 is 17.6 Å². The highest BCUT2D eigenvalue weighted by molar-refractivity contribution is 7.91. The zero-order valence-corrected chi connectivity index (χ0v) is 15.3. The maximum atomic E-state index is 12.7. The average molecular weight is 365 g/mol. The topological polar surface area (TPSA) is 85.4 Å². The van der Waals surface area contributed by atoms with Gasteiger partial charge >= 0.3 is 0 Å². The Morgan fingerprint density at radius 3 is 2.84 bits per heavy atom. The summed E-state index contributed by atoms with van der Waals surface area (Å²) in [5.74, 6) is 1.49. The monoisotopic (exact) mass is 365 g/mol. The van der Waals surface area contributed by atoms with Crippen LogP contribution in [0.4, 0.5) is 0 Å². The number of nitrogens with zero attached hydrogens (tertiary/aromatic N) is 3. The molecular formula is C17H23N3O4S. The molecule has 7 nitrogen and oxygen atoms in total. The minimum Gasteiger partial charge on any atom is -0.466 e. The lowest BCUT2D eigenvalue weighted by Crippen LogP contribution is -2.46. The van der Waals surface area contributed by atoms with Crippen molar-refractivity contribution in [3.63, 3.8) is 0 Å². The van der Waals surface area contributed by atoms with Crippen LogP contribution in [-0.2, 0) is 27.6 Å². The summed E-state index contributed by atoms with van der Waals surface area (Å²) >= 11 is 0. The van der Waals surface area contributed by atoms with E-state index in [9.17, 15) is 13.2 Å². The van der Waals surface area contributed by atoms with E-state index in [1.54, 1.807) is 15.8 Å². The second-order valence-electron chi connectivity index (χ2n) is 6.36. The van der Waals surface area contributed by atoms with E-state index in [1.807, 2.05) is 32.2 Å². The molecule has 3 rings (SSSR count). The third kappa shape index (κ3) is 4.12. The summed E-state index contributed by atoms with van der Waals surface area (Å²) in [5.41, 5.74) is 0.771. The number of amides is 1. The first-order valence-electron chi connectivity index (χ1n) is 8.45. The maximum Gasteiger partial charge on any atom is 0.223 e. The van der Waals surface area contributed by atoms with Gasteiger partial charge in [-0.3, -0.25) is 9.48 Å². The van der Waals surface area contributed by atoms with Gasteiger partial charge in [-0.05, 0) is 26.0 Å². The fourth-order valence-corrected chi connectivity index (χ4v) is 4.59. The lowest BCUT2D eigenvalue weighted by Gasteiger charge is -2.35. The molecule has 1 fully saturated rings. The van der Waals surface area contributed by atoms with Gasteiger partial charge in [-0.25, -0.2) is 8.42 Å². The van der Waals surface area contributed by atoms with Crippen molar-refractivity contribution in [1.29, 1.82) is 0 Å². The fourth-order valence-electron chi connectivity index (χ4n) is 3.10. The van der Waals surface area contributed by atoms with Crippen molar-refractivity contribution in [2.45, 2.75) is 39.3 Å². The lowest BCUT2D eigenvalue weighted by atomic mass is 10.1. The Hall–Kier alpha value is -2.09. The molecular weight excluding hydrogens is 342 g/mol. The SMILES string of the molecule is CCn1cc([C@H]2CS(=O)(=O)CCN2C(=O)CCc2ccc(C)o2)cn1. The maximum absolute atomic E-state index is 12.7. The molecule has 2 aromatic rings. The van der Waals surface area contributed by atoms with Crippen molar-refractivity contribution in [2.75, 3.05) is 18.1 Å². The molecule has 0 aliphatic carbocycles. The van der Waals surface area contributed by atoms with E-state index in [2.05, 4.69) is 5.10 Å². The van der Waals surface area contributed by atoms with Crippen LogP contribution in [0.25, 0.3) is 0 Å². The molecule has 0 N–H and O–H groups in total. The van der Waals surface area contributed by atoms with Gasteiger partial charge in [-0.1, -0.05) is 0 Å². The number of hydrogen-bond acceptors (Lipinski definition) is 5. The highest BCUT2D eigenvalue weighted by atomic mass is 32.2. The van der Waals surface area contributed by atoms with Crippen molar-refractivity contribution in [3.8, 4) is 0 Å². The summed E-state index contributed by atoms with van der Waals surface area (Å²) in [5, 5.41) is 4.22. The number of aromatic nitrogens is 2. The van der Waals surface area contributed by atoms with Gasteiger partial charge in [0, 0.05) is 37.7 Å². The fraction of sp³-hybridized carbons (Fsp3) is 0.529. The van der Waals surface area contributed by atoms with Crippen LogP contribution < -0.4 is 0 Å². The number of carbonyl (C=O) groups is 1. The minimum absolute atomic E-state index is 0.0109. The summed E-state index contributed by atoms with van der Waals surface area (Å²) < 4.78 is 31.4. The average Bonchev–Trinajstić information content (AvgIpc) is 3.20. The van der Waals surface area contributed by atoms with Crippen molar-refractivity contribution in [1.82, 2.24) is 14.7 Å². The molecule has 0 radical (unpaired) electrons. The van der Waals surface area contributed by atoms with Gasteiger partial charge in [0.2, 0.25) is 5.91 Å². The normalized spacial score (nSPS) is 19.9. The predicted molar refractivity (Wildman–Crippen MR) is 92.8 cm³/mol. The number of furan rings is 1.